The van der Waals surface area contributed by atoms with Crippen LogP contribution in [-0.4, -0.2) is 23.9 Å². The lowest BCUT2D eigenvalue weighted by atomic mass is 10.1. The van der Waals surface area contributed by atoms with E-state index in [4.69, 9.17) is 0 Å². The van der Waals surface area contributed by atoms with Crippen LogP contribution in [0.25, 0.3) is 0 Å². The van der Waals surface area contributed by atoms with Crippen LogP contribution in [0.1, 0.15) is 17.3 Å². The Hall–Kier alpha value is -1.55. The molecule has 0 radical (unpaired) electrons. The number of rotatable bonds is 1. The maximum absolute atomic E-state index is 11.5. The molecule has 74 valence electrons. The van der Waals surface area contributed by atoms with E-state index in [1.807, 2.05) is 25.1 Å². The Balaban J connectivity index is 2.50. The molecule has 0 spiro atoms. The highest BCUT2D eigenvalue weighted by Gasteiger charge is 2.27. The fourth-order valence-electron chi connectivity index (χ4n) is 1.66. The van der Waals surface area contributed by atoms with Gasteiger partial charge in [-0.05, 0) is 19.1 Å². The van der Waals surface area contributed by atoms with Crippen LogP contribution in [-0.2, 0) is 0 Å². The summed E-state index contributed by atoms with van der Waals surface area (Å²) in [6.45, 7) is 2.58. The number of aliphatic hydroxyl groups is 1. The summed E-state index contributed by atoms with van der Waals surface area (Å²) in [6.07, 6.45) is -0.914. The molecule has 14 heavy (non-hydrogen) atoms. The number of carbonyl (C=O) groups is 1. The van der Waals surface area contributed by atoms with Gasteiger partial charge in [0.05, 0.1) is 11.3 Å². The Morgan fingerprint density at radius 2 is 2.21 bits per heavy atom. The fraction of sp³-hybridized carbons (Fsp3) is 0.300. The molecule has 1 amide bonds. The lowest BCUT2D eigenvalue weighted by Gasteiger charge is -2.34. The predicted octanol–water partition coefficient (Wildman–Crippen LogP) is 0.532. The van der Waals surface area contributed by atoms with Crippen molar-refractivity contribution < 1.29 is 9.90 Å². The van der Waals surface area contributed by atoms with Crippen molar-refractivity contribution in [3.05, 3.63) is 29.8 Å². The van der Waals surface area contributed by atoms with E-state index in [0.717, 1.165) is 5.69 Å². The number of carbonyl (C=O) groups excluding carboxylic acids is 1. The van der Waals surface area contributed by atoms with Crippen LogP contribution in [0.15, 0.2) is 24.3 Å². The Morgan fingerprint density at radius 1 is 1.50 bits per heavy atom. The smallest absolute Gasteiger partial charge is 0.256 e. The van der Waals surface area contributed by atoms with E-state index in [2.05, 4.69) is 5.32 Å². The van der Waals surface area contributed by atoms with Gasteiger partial charge in [-0.15, -0.1) is 0 Å². The van der Waals surface area contributed by atoms with Crippen LogP contribution in [0.3, 0.4) is 0 Å². The molecule has 0 aromatic heterocycles. The third kappa shape index (κ3) is 1.24. The Morgan fingerprint density at radius 3 is 2.93 bits per heavy atom. The molecule has 0 saturated carbocycles. The molecule has 4 nitrogen and oxygen atoms in total. The molecule has 1 aliphatic rings. The van der Waals surface area contributed by atoms with Gasteiger partial charge in [-0.3, -0.25) is 4.79 Å². The van der Waals surface area contributed by atoms with Crippen LogP contribution in [0.4, 0.5) is 5.69 Å². The number of aliphatic hydroxyl groups excluding tert-OH is 1. The van der Waals surface area contributed by atoms with E-state index in [9.17, 15) is 9.90 Å². The summed E-state index contributed by atoms with van der Waals surface area (Å²) in [5.74, 6) is -0.224. The van der Waals surface area contributed by atoms with E-state index in [-0.39, 0.29) is 5.91 Å². The number of hydrogen-bond donors (Lipinski definition) is 2. The minimum absolute atomic E-state index is 0.224. The van der Waals surface area contributed by atoms with Gasteiger partial charge >= 0.3 is 0 Å². The molecular weight excluding hydrogens is 180 g/mol. The molecule has 0 saturated heterocycles. The summed E-state index contributed by atoms with van der Waals surface area (Å²) in [5, 5.41) is 12.1. The molecule has 0 fully saturated rings. The summed E-state index contributed by atoms with van der Waals surface area (Å²) < 4.78 is 0. The lowest BCUT2D eigenvalue weighted by molar-refractivity contribution is 0.0747. The minimum Gasteiger partial charge on any atom is -0.356 e. The van der Waals surface area contributed by atoms with Crippen molar-refractivity contribution in [3.63, 3.8) is 0 Å². The highest BCUT2D eigenvalue weighted by atomic mass is 16.3. The van der Waals surface area contributed by atoms with Gasteiger partial charge in [0.15, 0.2) is 0 Å². The summed E-state index contributed by atoms with van der Waals surface area (Å²) >= 11 is 0. The molecule has 0 aliphatic carbocycles. The summed E-state index contributed by atoms with van der Waals surface area (Å²) in [4.78, 5) is 13.2. The molecule has 1 heterocycles. The molecular formula is C10H12N2O2. The van der Waals surface area contributed by atoms with Gasteiger partial charge in [-0.2, -0.15) is 0 Å². The number of para-hydroxylation sites is 1. The van der Waals surface area contributed by atoms with Gasteiger partial charge < -0.3 is 15.3 Å². The monoisotopic (exact) mass is 192 g/mol. The van der Waals surface area contributed by atoms with Gasteiger partial charge in [0.2, 0.25) is 6.35 Å². The Kier molecular flexibility index (Phi) is 2.13. The standard InChI is InChI=1S/C10H12N2O2/c1-2-12-8-6-4-3-5-7(8)9(13)11-10(12)14/h3-6,10,14H,2H2,1H3,(H,11,13). The highest BCUT2D eigenvalue weighted by Crippen LogP contribution is 2.24. The molecule has 1 unspecified atom stereocenters. The second-order valence-electron chi connectivity index (χ2n) is 3.15. The number of amides is 1. The summed E-state index contributed by atoms with van der Waals surface area (Å²) in [7, 11) is 0. The molecule has 2 rings (SSSR count). The van der Waals surface area contributed by atoms with Gasteiger partial charge in [-0.1, -0.05) is 12.1 Å². The number of nitrogens with zero attached hydrogens (tertiary/aromatic N) is 1. The summed E-state index contributed by atoms with van der Waals surface area (Å²) in [5.41, 5.74) is 1.39. The normalized spacial score (nSPS) is 20.3. The average molecular weight is 192 g/mol. The molecule has 1 aromatic rings. The van der Waals surface area contributed by atoms with Gasteiger partial charge in [0.25, 0.3) is 5.91 Å². The second-order valence-corrected chi connectivity index (χ2v) is 3.15. The molecule has 0 bridgehead atoms. The number of fused-ring (bicyclic) bond motifs is 1. The first-order chi connectivity index (χ1) is 6.74. The van der Waals surface area contributed by atoms with Crippen molar-refractivity contribution in [1.29, 1.82) is 0 Å². The van der Waals surface area contributed by atoms with Crippen molar-refractivity contribution in [3.8, 4) is 0 Å². The third-order valence-electron chi connectivity index (χ3n) is 2.35. The number of nitrogens with one attached hydrogen (secondary N) is 1. The minimum atomic E-state index is -0.914. The van der Waals surface area contributed by atoms with Crippen LogP contribution in [0, 0.1) is 0 Å². The molecule has 1 atom stereocenters. The maximum atomic E-state index is 11.5. The number of benzene rings is 1. The predicted molar refractivity (Wildman–Crippen MR) is 52.9 cm³/mol. The van der Waals surface area contributed by atoms with Crippen molar-refractivity contribution in [1.82, 2.24) is 5.32 Å². The number of anilines is 1. The van der Waals surface area contributed by atoms with Crippen molar-refractivity contribution >= 4 is 11.6 Å². The largest absolute Gasteiger partial charge is 0.356 e. The average Bonchev–Trinajstić information content (AvgIpc) is 2.18. The summed E-state index contributed by atoms with van der Waals surface area (Å²) in [6, 6.07) is 7.25. The van der Waals surface area contributed by atoms with Crippen LogP contribution in [0.5, 0.6) is 0 Å². The van der Waals surface area contributed by atoms with E-state index in [0.29, 0.717) is 12.1 Å². The first-order valence-corrected chi connectivity index (χ1v) is 4.58. The third-order valence-corrected chi connectivity index (χ3v) is 2.35. The maximum Gasteiger partial charge on any atom is 0.256 e. The van der Waals surface area contributed by atoms with E-state index in [1.165, 1.54) is 0 Å². The Labute approximate surface area is 82.2 Å². The number of hydrogen-bond acceptors (Lipinski definition) is 3. The van der Waals surface area contributed by atoms with E-state index < -0.39 is 6.35 Å². The zero-order valence-electron chi connectivity index (χ0n) is 7.90. The van der Waals surface area contributed by atoms with Gasteiger partial charge in [-0.25, -0.2) is 0 Å². The second kappa shape index (κ2) is 3.31. The molecule has 1 aliphatic heterocycles. The first-order valence-electron chi connectivity index (χ1n) is 4.58. The van der Waals surface area contributed by atoms with Crippen molar-refractivity contribution in [2.75, 3.05) is 11.4 Å². The van der Waals surface area contributed by atoms with Crippen LogP contribution in [0.2, 0.25) is 0 Å². The SMILES string of the molecule is CCN1c2ccccc2C(=O)NC1O. The van der Waals surface area contributed by atoms with Gasteiger partial charge in [0, 0.05) is 6.54 Å². The van der Waals surface area contributed by atoms with E-state index >= 15 is 0 Å². The molecule has 4 heteroatoms. The van der Waals surface area contributed by atoms with Crippen molar-refractivity contribution in [2.24, 2.45) is 0 Å². The Bertz CT molecular complexity index is 365. The topological polar surface area (TPSA) is 52.6 Å². The lowest BCUT2D eigenvalue weighted by Crippen LogP contribution is -2.52. The zero-order chi connectivity index (χ0) is 10.1. The van der Waals surface area contributed by atoms with Crippen LogP contribution < -0.4 is 10.2 Å². The molecule has 1 aromatic carbocycles. The first kappa shape index (κ1) is 9.02. The zero-order valence-corrected chi connectivity index (χ0v) is 7.90. The fourth-order valence-corrected chi connectivity index (χ4v) is 1.66. The van der Waals surface area contributed by atoms with E-state index in [1.54, 1.807) is 11.0 Å². The van der Waals surface area contributed by atoms with Crippen molar-refractivity contribution in [2.45, 2.75) is 13.3 Å². The van der Waals surface area contributed by atoms with Gasteiger partial charge in [0.1, 0.15) is 0 Å². The molecule has 2 N–H and O–H groups in total. The highest BCUT2D eigenvalue weighted by molar-refractivity contribution is 6.01. The quantitative estimate of drug-likeness (QED) is 0.682. The van der Waals surface area contributed by atoms with Crippen LogP contribution >= 0.6 is 0 Å².